The van der Waals surface area contributed by atoms with Crippen LogP contribution in [0, 0.1) is 6.92 Å². The van der Waals surface area contributed by atoms with Gasteiger partial charge in [0, 0.05) is 29.4 Å². The number of nitrogens with one attached hydrogen (secondary N) is 1. The van der Waals surface area contributed by atoms with E-state index in [-0.39, 0.29) is 0 Å². The van der Waals surface area contributed by atoms with Crippen LogP contribution in [-0.4, -0.2) is 40.0 Å². The number of thiophene rings is 1. The highest BCUT2D eigenvalue weighted by atomic mass is 32.2. The molecule has 0 aliphatic rings. The summed E-state index contributed by atoms with van der Waals surface area (Å²) in [4.78, 5) is 4.08. The van der Waals surface area contributed by atoms with Gasteiger partial charge in [-0.15, -0.1) is 11.3 Å². The van der Waals surface area contributed by atoms with Gasteiger partial charge in [0.25, 0.3) is 0 Å². The molecular formula is C11H21N3O2S2. The third-order valence-corrected chi connectivity index (χ3v) is 5.53. The standard InChI is InChI=1S/C11H21N3O2S2/c1-4-14(3)6-5-13-18(15,16)11-7-10(8-12)17-9(11)2/h7,13H,4-6,8,12H2,1-3H3. The third-order valence-electron chi connectivity index (χ3n) is 2.74. The molecule has 18 heavy (non-hydrogen) atoms. The van der Waals surface area contributed by atoms with Crippen molar-refractivity contribution in [1.29, 1.82) is 0 Å². The fraction of sp³-hybridized carbons (Fsp3) is 0.636. The first-order chi connectivity index (χ1) is 8.40. The summed E-state index contributed by atoms with van der Waals surface area (Å²) in [5, 5.41) is 0. The van der Waals surface area contributed by atoms with Crippen molar-refractivity contribution in [3.63, 3.8) is 0 Å². The minimum absolute atomic E-state index is 0.354. The van der Waals surface area contributed by atoms with Crippen LogP contribution in [0.3, 0.4) is 0 Å². The van der Waals surface area contributed by atoms with Crippen molar-refractivity contribution < 1.29 is 8.42 Å². The summed E-state index contributed by atoms with van der Waals surface area (Å²) in [5.74, 6) is 0. The van der Waals surface area contributed by atoms with Crippen LogP contribution in [0.1, 0.15) is 16.7 Å². The van der Waals surface area contributed by atoms with E-state index in [1.54, 1.807) is 13.0 Å². The van der Waals surface area contributed by atoms with E-state index in [1.807, 2.05) is 18.9 Å². The van der Waals surface area contributed by atoms with Crippen LogP contribution in [0.5, 0.6) is 0 Å². The predicted octanol–water partition coefficient (Wildman–Crippen LogP) is 0.745. The van der Waals surface area contributed by atoms with Gasteiger partial charge in [0.15, 0.2) is 0 Å². The molecule has 1 heterocycles. The second-order valence-electron chi connectivity index (χ2n) is 4.13. The Bertz CT molecular complexity index is 482. The van der Waals surface area contributed by atoms with Crippen LogP contribution >= 0.6 is 11.3 Å². The van der Waals surface area contributed by atoms with Gasteiger partial charge in [-0.25, -0.2) is 13.1 Å². The summed E-state index contributed by atoms with van der Waals surface area (Å²) in [6, 6.07) is 1.66. The van der Waals surface area contributed by atoms with Gasteiger partial charge in [-0.1, -0.05) is 6.92 Å². The molecule has 0 spiro atoms. The summed E-state index contributed by atoms with van der Waals surface area (Å²) in [5.41, 5.74) is 5.52. The molecule has 0 bridgehead atoms. The Labute approximate surface area is 113 Å². The quantitative estimate of drug-likeness (QED) is 0.777. The first-order valence-corrected chi connectivity index (χ1v) is 8.18. The first kappa shape index (κ1) is 15.6. The van der Waals surface area contributed by atoms with E-state index in [1.165, 1.54) is 11.3 Å². The van der Waals surface area contributed by atoms with Crippen LogP contribution in [0.2, 0.25) is 0 Å². The number of likely N-dealkylation sites (N-methyl/N-ethyl adjacent to an activating group) is 1. The summed E-state index contributed by atoms with van der Waals surface area (Å²) in [6.07, 6.45) is 0. The van der Waals surface area contributed by atoms with Crippen LogP contribution in [0.4, 0.5) is 0 Å². The molecule has 1 aromatic heterocycles. The molecule has 0 radical (unpaired) electrons. The van der Waals surface area contributed by atoms with Crippen molar-refractivity contribution >= 4 is 21.4 Å². The second kappa shape index (κ2) is 6.63. The smallest absolute Gasteiger partial charge is 0.241 e. The topological polar surface area (TPSA) is 75.4 Å². The number of hydrogen-bond donors (Lipinski definition) is 2. The normalized spacial score (nSPS) is 12.3. The molecule has 1 aromatic rings. The van der Waals surface area contributed by atoms with Crippen molar-refractivity contribution in [2.24, 2.45) is 5.73 Å². The highest BCUT2D eigenvalue weighted by Crippen LogP contribution is 2.25. The van der Waals surface area contributed by atoms with E-state index in [4.69, 9.17) is 5.73 Å². The van der Waals surface area contributed by atoms with Gasteiger partial charge in [-0.2, -0.15) is 0 Å². The van der Waals surface area contributed by atoms with Crippen LogP contribution in [-0.2, 0) is 16.6 Å². The minimum atomic E-state index is -3.41. The van der Waals surface area contributed by atoms with Gasteiger partial charge in [0.2, 0.25) is 10.0 Å². The summed E-state index contributed by atoms with van der Waals surface area (Å²) < 4.78 is 26.8. The van der Waals surface area contributed by atoms with Crippen LogP contribution < -0.4 is 10.5 Å². The SMILES string of the molecule is CCN(C)CCNS(=O)(=O)c1cc(CN)sc1C. The van der Waals surface area contributed by atoms with Crippen molar-refractivity contribution in [2.45, 2.75) is 25.3 Å². The van der Waals surface area contributed by atoms with Crippen LogP contribution in [0.25, 0.3) is 0 Å². The largest absolute Gasteiger partial charge is 0.326 e. The maximum atomic E-state index is 12.1. The zero-order chi connectivity index (χ0) is 13.8. The van der Waals surface area contributed by atoms with Crippen LogP contribution in [0.15, 0.2) is 11.0 Å². The van der Waals surface area contributed by atoms with E-state index in [0.29, 0.717) is 24.5 Å². The Kier molecular flexibility index (Phi) is 5.74. The van der Waals surface area contributed by atoms with Gasteiger partial charge in [0.1, 0.15) is 0 Å². The first-order valence-electron chi connectivity index (χ1n) is 5.88. The predicted molar refractivity (Wildman–Crippen MR) is 75.3 cm³/mol. The zero-order valence-electron chi connectivity index (χ0n) is 11.1. The Morgan fingerprint density at radius 1 is 1.50 bits per heavy atom. The maximum absolute atomic E-state index is 12.1. The van der Waals surface area contributed by atoms with E-state index in [9.17, 15) is 8.42 Å². The molecule has 7 heteroatoms. The lowest BCUT2D eigenvalue weighted by atomic mass is 10.4. The van der Waals surface area contributed by atoms with Gasteiger partial charge in [-0.05, 0) is 26.6 Å². The van der Waals surface area contributed by atoms with Gasteiger partial charge in [-0.3, -0.25) is 0 Å². The van der Waals surface area contributed by atoms with Crippen molar-refractivity contribution in [3.05, 3.63) is 15.8 Å². The number of nitrogens with zero attached hydrogens (tertiary/aromatic N) is 1. The molecular weight excluding hydrogens is 270 g/mol. The molecule has 0 saturated carbocycles. The monoisotopic (exact) mass is 291 g/mol. The molecule has 1 rings (SSSR count). The van der Waals surface area contributed by atoms with E-state index < -0.39 is 10.0 Å². The molecule has 104 valence electrons. The molecule has 3 N–H and O–H groups in total. The number of aryl methyl sites for hydroxylation is 1. The molecule has 0 unspecified atom stereocenters. The second-order valence-corrected chi connectivity index (χ2v) is 7.21. The Morgan fingerprint density at radius 2 is 2.17 bits per heavy atom. The van der Waals surface area contributed by atoms with Crippen molar-refractivity contribution in [1.82, 2.24) is 9.62 Å². The average molecular weight is 291 g/mol. The number of rotatable bonds is 7. The minimum Gasteiger partial charge on any atom is -0.326 e. The number of nitrogens with two attached hydrogens (primary N) is 1. The van der Waals surface area contributed by atoms with Gasteiger partial charge >= 0.3 is 0 Å². The van der Waals surface area contributed by atoms with E-state index >= 15 is 0 Å². The van der Waals surface area contributed by atoms with Crippen molar-refractivity contribution in [3.8, 4) is 0 Å². The summed E-state index contributed by atoms with van der Waals surface area (Å²) in [7, 11) is -1.45. The Morgan fingerprint density at radius 3 is 2.67 bits per heavy atom. The van der Waals surface area contributed by atoms with E-state index in [0.717, 1.165) is 16.3 Å². The third kappa shape index (κ3) is 4.03. The number of hydrogen-bond acceptors (Lipinski definition) is 5. The summed E-state index contributed by atoms with van der Waals surface area (Å²) >= 11 is 1.43. The number of sulfonamides is 1. The molecule has 0 fully saturated rings. The Hall–Kier alpha value is -0.470. The molecule has 0 atom stereocenters. The lowest BCUT2D eigenvalue weighted by molar-refractivity contribution is 0.358. The van der Waals surface area contributed by atoms with Gasteiger partial charge < -0.3 is 10.6 Å². The lowest BCUT2D eigenvalue weighted by Gasteiger charge is -2.14. The molecule has 0 saturated heterocycles. The molecule has 0 aliphatic heterocycles. The Balaban J connectivity index is 2.71. The zero-order valence-corrected chi connectivity index (χ0v) is 12.7. The van der Waals surface area contributed by atoms with E-state index in [2.05, 4.69) is 4.72 Å². The fourth-order valence-corrected chi connectivity index (χ4v) is 4.03. The molecule has 0 aromatic carbocycles. The fourth-order valence-electron chi connectivity index (χ4n) is 1.50. The van der Waals surface area contributed by atoms with Crippen molar-refractivity contribution in [2.75, 3.05) is 26.7 Å². The molecule has 5 nitrogen and oxygen atoms in total. The highest BCUT2D eigenvalue weighted by Gasteiger charge is 2.19. The summed E-state index contributed by atoms with van der Waals surface area (Å²) in [6.45, 7) is 6.22. The van der Waals surface area contributed by atoms with Gasteiger partial charge in [0.05, 0.1) is 4.90 Å². The highest BCUT2D eigenvalue weighted by molar-refractivity contribution is 7.89. The molecule has 0 aliphatic carbocycles. The maximum Gasteiger partial charge on any atom is 0.241 e. The molecule has 0 amide bonds. The average Bonchev–Trinajstić information content (AvgIpc) is 2.71. The lowest BCUT2D eigenvalue weighted by Crippen LogP contribution is -2.33.